The van der Waals surface area contributed by atoms with E-state index in [-0.39, 0.29) is 6.61 Å². The third-order valence-corrected chi connectivity index (χ3v) is 4.24. The summed E-state index contributed by atoms with van der Waals surface area (Å²) in [5.41, 5.74) is 2.06. The molecular formula is C19H16N2O4S. The molecule has 0 aliphatic carbocycles. The Balaban J connectivity index is 1.55. The molecule has 0 aliphatic rings. The van der Waals surface area contributed by atoms with Crippen LogP contribution in [-0.2, 0) is 9.53 Å². The molecular weight excluding hydrogens is 352 g/mol. The quantitative estimate of drug-likeness (QED) is 0.673. The summed E-state index contributed by atoms with van der Waals surface area (Å²) in [5.74, 6) is -0.221. The molecule has 0 bridgehead atoms. The number of nitrogens with one attached hydrogen (secondary N) is 1. The lowest BCUT2D eigenvalue weighted by Crippen LogP contribution is -2.20. The molecule has 6 nitrogen and oxygen atoms in total. The normalized spacial score (nSPS) is 10.2. The van der Waals surface area contributed by atoms with Crippen LogP contribution in [0.3, 0.4) is 0 Å². The summed E-state index contributed by atoms with van der Waals surface area (Å²) in [6, 6.07) is 16.0. The number of ether oxygens (including phenoxy) is 2. The first kappa shape index (κ1) is 17.6. The van der Waals surface area contributed by atoms with E-state index in [2.05, 4.69) is 10.3 Å². The van der Waals surface area contributed by atoms with Crippen LogP contribution in [0.15, 0.2) is 60.0 Å². The first-order valence-electron chi connectivity index (χ1n) is 7.77. The average molecular weight is 368 g/mol. The minimum atomic E-state index is -0.543. The molecule has 0 aliphatic heterocycles. The first-order valence-corrected chi connectivity index (χ1v) is 8.65. The molecule has 0 spiro atoms. The molecule has 132 valence electrons. The minimum Gasteiger partial charge on any atom is -0.497 e. The summed E-state index contributed by atoms with van der Waals surface area (Å²) in [4.78, 5) is 28.1. The van der Waals surface area contributed by atoms with Crippen molar-refractivity contribution in [3.05, 3.63) is 65.5 Å². The van der Waals surface area contributed by atoms with E-state index < -0.39 is 11.9 Å². The zero-order valence-corrected chi connectivity index (χ0v) is 14.8. The van der Waals surface area contributed by atoms with E-state index in [1.807, 2.05) is 29.6 Å². The molecule has 0 radical (unpaired) electrons. The first-order chi connectivity index (χ1) is 12.7. The average Bonchev–Trinajstić information content (AvgIpc) is 3.15. The van der Waals surface area contributed by atoms with E-state index >= 15 is 0 Å². The van der Waals surface area contributed by atoms with Crippen LogP contribution in [-0.4, -0.2) is 30.6 Å². The van der Waals surface area contributed by atoms with Gasteiger partial charge in [-0.05, 0) is 36.4 Å². The van der Waals surface area contributed by atoms with Gasteiger partial charge in [0.25, 0.3) is 5.91 Å². The summed E-state index contributed by atoms with van der Waals surface area (Å²) in [6.07, 6.45) is 0. The number of rotatable bonds is 6. The predicted octanol–water partition coefficient (Wildman–Crippen LogP) is 3.61. The number of hydrogen-bond donors (Lipinski definition) is 1. The molecule has 1 amide bonds. The highest BCUT2D eigenvalue weighted by molar-refractivity contribution is 7.14. The van der Waals surface area contributed by atoms with Crippen LogP contribution in [0.4, 0.5) is 5.13 Å². The highest BCUT2D eigenvalue weighted by atomic mass is 32.1. The van der Waals surface area contributed by atoms with Crippen LogP contribution in [0.2, 0.25) is 0 Å². The summed E-state index contributed by atoms with van der Waals surface area (Å²) >= 11 is 1.30. The van der Waals surface area contributed by atoms with Gasteiger partial charge >= 0.3 is 5.97 Å². The summed E-state index contributed by atoms with van der Waals surface area (Å²) in [5, 5.41) is 4.91. The van der Waals surface area contributed by atoms with E-state index in [1.54, 1.807) is 37.4 Å². The second-order valence-electron chi connectivity index (χ2n) is 5.26. The summed E-state index contributed by atoms with van der Waals surface area (Å²) < 4.78 is 10.1. The Labute approximate surface area is 154 Å². The van der Waals surface area contributed by atoms with Gasteiger partial charge in [-0.1, -0.05) is 18.2 Å². The van der Waals surface area contributed by atoms with Crippen molar-refractivity contribution < 1.29 is 19.1 Å². The molecule has 1 N–H and O–H groups in total. The minimum absolute atomic E-state index is 0.370. The van der Waals surface area contributed by atoms with Gasteiger partial charge in [-0.15, -0.1) is 11.3 Å². The van der Waals surface area contributed by atoms with Crippen LogP contribution >= 0.6 is 11.3 Å². The highest BCUT2D eigenvalue weighted by Crippen LogP contribution is 2.26. The maximum Gasteiger partial charge on any atom is 0.338 e. The number of esters is 1. The fraction of sp³-hybridized carbons (Fsp3) is 0.105. The number of hydrogen-bond acceptors (Lipinski definition) is 6. The second kappa shape index (κ2) is 8.26. The van der Waals surface area contributed by atoms with Crippen LogP contribution in [0.25, 0.3) is 11.3 Å². The number of benzene rings is 2. The number of amides is 1. The van der Waals surface area contributed by atoms with Crippen LogP contribution in [0, 0.1) is 0 Å². The van der Waals surface area contributed by atoms with Gasteiger partial charge in [0.1, 0.15) is 5.75 Å². The third-order valence-electron chi connectivity index (χ3n) is 3.48. The van der Waals surface area contributed by atoms with Crippen molar-refractivity contribution in [3.8, 4) is 17.0 Å². The number of methoxy groups -OCH3 is 1. The largest absolute Gasteiger partial charge is 0.497 e. The van der Waals surface area contributed by atoms with Gasteiger partial charge in [0.15, 0.2) is 11.7 Å². The van der Waals surface area contributed by atoms with Crippen molar-refractivity contribution in [2.45, 2.75) is 0 Å². The van der Waals surface area contributed by atoms with Gasteiger partial charge in [0, 0.05) is 10.9 Å². The van der Waals surface area contributed by atoms with E-state index in [0.29, 0.717) is 10.7 Å². The van der Waals surface area contributed by atoms with Gasteiger partial charge < -0.3 is 9.47 Å². The Kier molecular flexibility index (Phi) is 5.60. The lowest BCUT2D eigenvalue weighted by atomic mass is 10.2. The summed E-state index contributed by atoms with van der Waals surface area (Å²) in [7, 11) is 1.61. The van der Waals surface area contributed by atoms with Gasteiger partial charge in [-0.25, -0.2) is 9.78 Å². The molecule has 1 heterocycles. The van der Waals surface area contributed by atoms with Crippen molar-refractivity contribution in [1.29, 1.82) is 0 Å². The number of carbonyl (C=O) groups is 2. The fourth-order valence-electron chi connectivity index (χ4n) is 2.17. The monoisotopic (exact) mass is 368 g/mol. The van der Waals surface area contributed by atoms with Gasteiger partial charge in [-0.3, -0.25) is 10.1 Å². The Hall–Kier alpha value is -3.19. The van der Waals surface area contributed by atoms with E-state index in [4.69, 9.17) is 9.47 Å². The maximum absolute atomic E-state index is 11.9. The second-order valence-corrected chi connectivity index (χ2v) is 6.11. The molecule has 1 aromatic heterocycles. The Morgan fingerprint density at radius 1 is 1.08 bits per heavy atom. The SMILES string of the molecule is COc1ccc(-c2csc(NC(=O)COC(=O)c3ccccc3)n2)cc1. The van der Waals surface area contributed by atoms with Gasteiger partial charge in [0.2, 0.25) is 0 Å². The molecule has 26 heavy (non-hydrogen) atoms. The van der Waals surface area contributed by atoms with Crippen molar-refractivity contribution in [1.82, 2.24) is 4.98 Å². The van der Waals surface area contributed by atoms with Crippen LogP contribution in [0.1, 0.15) is 10.4 Å². The molecule has 0 fully saturated rings. The zero-order chi connectivity index (χ0) is 18.4. The number of carbonyl (C=O) groups excluding carboxylic acids is 2. The molecule has 0 saturated heterocycles. The van der Waals surface area contributed by atoms with Crippen LogP contribution < -0.4 is 10.1 Å². The Bertz CT molecular complexity index is 891. The Morgan fingerprint density at radius 3 is 2.50 bits per heavy atom. The standard InChI is InChI=1S/C19H16N2O4S/c1-24-15-9-7-13(8-10-15)16-12-26-19(20-16)21-17(22)11-25-18(23)14-5-3-2-4-6-14/h2-10,12H,11H2,1H3,(H,20,21,22). The lowest BCUT2D eigenvalue weighted by molar-refractivity contribution is -0.119. The van der Waals surface area contributed by atoms with Crippen molar-refractivity contribution in [2.24, 2.45) is 0 Å². The van der Waals surface area contributed by atoms with Gasteiger partial charge in [0.05, 0.1) is 18.4 Å². The summed E-state index contributed by atoms with van der Waals surface area (Å²) in [6.45, 7) is -0.370. The number of thiazole rings is 1. The topological polar surface area (TPSA) is 77.5 Å². The van der Waals surface area contributed by atoms with E-state index in [9.17, 15) is 9.59 Å². The third kappa shape index (κ3) is 4.46. The van der Waals surface area contributed by atoms with E-state index in [1.165, 1.54) is 11.3 Å². The zero-order valence-electron chi connectivity index (χ0n) is 14.0. The smallest absolute Gasteiger partial charge is 0.338 e. The van der Waals surface area contributed by atoms with Crippen molar-refractivity contribution in [2.75, 3.05) is 19.0 Å². The Morgan fingerprint density at radius 2 is 1.81 bits per heavy atom. The molecule has 3 aromatic rings. The van der Waals surface area contributed by atoms with Gasteiger partial charge in [-0.2, -0.15) is 0 Å². The molecule has 7 heteroatoms. The lowest BCUT2D eigenvalue weighted by Gasteiger charge is -2.04. The van der Waals surface area contributed by atoms with Crippen molar-refractivity contribution in [3.63, 3.8) is 0 Å². The fourth-order valence-corrected chi connectivity index (χ4v) is 2.91. The molecule has 0 saturated carbocycles. The highest BCUT2D eigenvalue weighted by Gasteiger charge is 2.12. The predicted molar refractivity (Wildman–Crippen MR) is 99.5 cm³/mol. The van der Waals surface area contributed by atoms with Crippen LogP contribution in [0.5, 0.6) is 5.75 Å². The number of anilines is 1. The molecule has 0 atom stereocenters. The molecule has 2 aromatic carbocycles. The number of nitrogens with zero attached hydrogens (tertiary/aromatic N) is 1. The molecule has 3 rings (SSSR count). The maximum atomic E-state index is 11.9. The molecule has 0 unspecified atom stereocenters. The van der Waals surface area contributed by atoms with Crippen molar-refractivity contribution >= 4 is 28.3 Å². The van der Waals surface area contributed by atoms with E-state index in [0.717, 1.165) is 17.0 Å². The number of aromatic nitrogens is 1.